The molecule has 0 spiro atoms. The topological polar surface area (TPSA) is 106 Å². The van der Waals surface area contributed by atoms with Crippen molar-refractivity contribution < 1.29 is 32.2 Å². The minimum Gasteiger partial charge on any atom is -0.493 e. The van der Waals surface area contributed by atoms with Crippen LogP contribution in [0.4, 0.5) is 29.6 Å². The second-order valence-corrected chi connectivity index (χ2v) is 10.7. The van der Waals surface area contributed by atoms with Gasteiger partial charge >= 0.3 is 6.09 Å². The molecule has 216 valence electrons. The Labute approximate surface area is 229 Å². The summed E-state index contributed by atoms with van der Waals surface area (Å²) in [4.78, 5) is 24.4. The van der Waals surface area contributed by atoms with E-state index in [4.69, 9.17) is 14.2 Å². The van der Waals surface area contributed by atoms with E-state index in [2.05, 4.69) is 20.4 Å². The van der Waals surface area contributed by atoms with Crippen molar-refractivity contribution in [3.8, 4) is 17.1 Å². The maximum absolute atomic E-state index is 15.1. The number of rotatable bonds is 5. The van der Waals surface area contributed by atoms with Crippen molar-refractivity contribution >= 4 is 23.4 Å². The highest BCUT2D eigenvalue weighted by atomic mass is 19.1. The van der Waals surface area contributed by atoms with Gasteiger partial charge in [0.15, 0.2) is 34.7 Å². The van der Waals surface area contributed by atoms with Gasteiger partial charge in [-0.1, -0.05) is 0 Å². The van der Waals surface area contributed by atoms with Crippen molar-refractivity contribution in [1.82, 2.24) is 24.5 Å². The molecule has 3 aromatic heterocycles. The Morgan fingerprint density at radius 2 is 1.90 bits per heavy atom. The number of imidazole rings is 1. The molecule has 40 heavy (non-hydrogen) atoms. The lowest BCUT2D eigenvalue weighted by atomic mass is 10.0. The summed E-state index contributed by atoms with van der Waals surface area (Å²) in [6.45, 7) is 7.48. The average molecular weight is 564 g/mol. The molecule has 5 rings (SSSR count). The van der Waals surface area contributed by atoms with Gasteiger partial charge in [0.1, 0.15) is 23.2 Å². The number of methoxy groups -OCH3 is 1. The molecule has 2 aliphatic heterocycles. The van der Waals surface area contributed by atoms with Crippen LogP contribution in [-0.2, 0) is 9.47 Å². The number of alkyl halides is 1. The van der Waals surface area contributed by atoms with Crippen molar-refractivity contribution in [1.29, 1.82) is 0 Å². The number of fused-ring (bicyclic) bond motifs is 1. The quantitative estimate of drug-likeness (QED) is 0.498. The molecule has 2 atom stereocenters. The average Bonchev–Trinajstić information content (AvgIpc) is 3.32. The van der Waals surface area contributed by atoms with Crippen LogP contribution in [0.2, 0.25) is 0 Å². The molecule has 0 bridgehead atoms. The van der Waals surface area contributed by atoms with Crippen molar-refractivity contribution in [3.05, 3.63) is 30.0 Å². The number of nitrogens with one attached hydrogen (secondary N) is 1. The number of anilines is 2. The highest BCUT2D eigenvalue weighted by Gasteiger charge is 2.34. The smallest absolute Gasteiger partial charge is 0.410 e. The number of carbonyl (C=O) groups excluding carboxylic acids is 1. The first-order valence-electron chi connectivity index (χ1n) is 13.0. The van der Waals surface area contributed by atoms with Gasteiger partial charge in [-0.25, -0.2) is 32.4 Å². The third kappa shape index (κ3) is 5.71. The summed E-state index contributed by atoms with van der Waals surface area (Å²) in [5, 5.41) is 7.38. The van der Waals surface area contributed by atoms with Crippen molar-refractivity contribution in [2.45, 2.75) is 45.0 Å². The largest absolute Gasteiger partial charge is 0.493 e. The number of carbonyl (C=O) groups is 1. The molecule has 0 radical (unpaired) electrons. The fourth-order valence-electron chi connectivity index (χ4n) is 4.67. The van der Waals surface area contributed by atoms with Gasteiger partial charge in [-0.2, -0.15) is 0 Å². The first kappa shape index (κ1) is 27.7. The summed E-state index contributed by atoms with van der Waals surface area (Å²) < 4.78 is 62.6. The minimum absolute atomic E-state index is 0.0237. The molecule has 2 saturated heterocycles. The molecule has 14 heteroatoms. The van der Waals surface area contributed by atoms with E-state index < -0.39 is 35.5 Å². The molecular formula is C26H32F3N7O4. The van der Waals surface area contributed by atoms with Crippen LogP contribution in [0.1, 0.15) is 27.2 Å². The van der Waals surface area contributed by atoms with E-state index in [0.717, 1.165) is 0 Å². The van der Waals surface area contributed by atoms with Crippen molar-refractivity contribution in [3.63, 3.8) is 0 Å². The molecule has 2 fully saturated rings. The predicted molar refractivity (Wildman–Crippen MR) is 140 cm³/mol. The van der Waals surface area contributed by atoms with Gasteiger partial charge in [-0.3, -0.25) is 0 Å². The molecule has 0 aliphatic carbocycles. The summed E-state index contributed by atoms with van der Waals surface area (Å²) in [5.41, 5.74) is -0.409. The molecule has 0 saturated carbocycles. The zero-order valence-electron chi connectivity index (χ0n) is 22.8. The second-order valence-electron chi connectivity index (χ2n) is 10.7. The molecule has 5 heterocycles. The van der Waals surface area contributed by atoms with Crippen LogP contribution < -0.4 is 15.0 Å². The normalized spacial score (nSPS) is 20.1. The van der Waals surface area contributed by atoms with Crippen LogP contribution >= 0.6 is 0 Å². The summed E-state index contributed by atoms with van der Waals surface area (Å²) in [5.74, 6) is -1.29. The molecule has 2 aliphatic rings. The van der Waals surface area contributed by atoms with E-state index in [1.165, 1.54) is 22.7 Å². The number of amides is 1. The van der Waals surface area contributed by atoms with Crippen LogP contribution in [0.25, 0.3) is 17.0 Å². The number of likely N-dealkylation sites (tertiary alicyclic amines) is 1. The standard InChI is InChI=1S/C26H32F3N7O4/c1-26(2,3)40-25(37)35-6-5-15(27)18(14-35)31-23-17(29)11-16(28)22(32-23)19-13-30-21-12-20(38-4)24(33-36(19)21)34-7-9-39-10-8-34/h11-13,15,18H,5-10,14H2,1-4H3,(H,31,32). The van der Waals surface area contributed by atoms with Gasteiger partial charge in [0.2, 0.25) is 0 Å². The van der Waals surface area contributed by atoms with Gasteiger partial charge in [-0.05, 0) is 27.2 Å². The number of hydrogen-bond donors (Lipinski definition) is 1. The molecule has 11 nitrogen and oxygen atoms in total. The zero-order chi connectivity index (χ0) is 28.6. The third-order valence-electron chi connectivity index (χ3n) is 6.64. The van der Waals surface area contributed by atoms with E-state index >= 15 is 4.39 Å². The Kier molecular flexibility index (Phi) is 7.62. The minimum atomic E-state index is -1.39. The fourth-order valence-corrected chi connectivity index (χ4v) is 4.67. The highest BCUT2D eigenvalue weighted by molar-refractivity contribution is 5.69. The molecule has 3 aromatic rings. The Hall–Kier alpha value is -3.81. The van der Waals surface area contributed by atoms with Crippen LogP contribution in [0, 0.1) is 11.6 Å². The first-order valence-corrected chi connectivity index (χ1v) is 13.0. The third-order valence-corrected chi connectivity index (χ3v) is 6.64. The van der Waals surface area contributed by atoms with Gasteiger partial charge < -0.3 is 29.3 Å². The molecular weight excluding hydrogens is 531 g/mol. The predicted octanol–water partition coefficient (Wildman–Crippen LogP) is 3.67. The maximum Gasteiger partial charge on any atom is 0.410 e. The summed E-state index contributed by atoms with van der Waals surface area (Å²) in [6.07, 6.45) is -0.589. The number of pyridine rings is 1. The fraction of sp³-hybridized carbons (Fsp3) is 0.538. The number of aromatic nitrogens is 4. The Bertz CT molecular complexity index is 1390. The van der Waals surface area contributed by atoms with Gasteiger partial charge in [0.05, 0.1) is 32.6 Å². The second kappa shape index (κ2) is 11.0. The van der Waals surface area contributed by atoms with E-state index in [1.807, 2.05) is 4.90 Å². The first-order chi connectivity index (χ1) is 19.0. The highest BCUT2D eigenvalue weighted by Crippen LogP contribution is 2.32. The van der Waals surface area contributed by atoms with E-state index in [9.17, 15) is 13.6 Å². The Morgan fingerprint density at radius 3 is 2.60 bits per heavy atom. The summed E-state index contributed by atoms with van der Waals surface area (Å²) in [6, 6.07) is 1.36. The van der Waals surface area contributed by atoms with Crippen LogP contribution in [0.5, 0.6) is 5.75 Å². The summed E-state index contributed by atoms with van der Waals surface area (Å²) >= 11 is 0. The molecule has 1 amide bonds. The van der Waals surface area contributed by atoms with Gasteiger partial charge in [-0.15, -0.1) is 5.10 Å². The van der Waals surface area contributed by atoms with E-state index in [-0.39, 0.29) is 36.7 Å². The monoisotopic (exact) mass is 563 g/mol. The van der Waals surface area contributed by atoms with Crippen molar-refractivity contribution in [2.75, 3.05) is 56.7 Å². The SMILES string of the molecule is COc1cc2ncc(-c3nc(NC4CN(C(=O)OC(C)(C)C)CCC4F)c(F)cc3F)n2nc1N1CCOCC1. The van der Waals surface area contributed by atoms with Crippen LogP contribution in [0.15, 0.2) is 18.3 Å². The number of morpholine rings is 1. The van der Waals surface area contributed by atoms with Crippen LogP contribution in [-0.4, -0.2) is 94.9 Å². The van der Waals surface area contributed by atoms with E-state index in [0.29, 0.717) is 49.6 Å². The van der Waals surface area contributed by atoms with Crippen LogP contribution in [0.3, 0.4) is 0 Å². The molecule has 2 unspecified atom stereocenters. The summed E-state index contributed by atoms with van der Waals surface area (Å²) in [7, 11) is 1.52. The van der Waals surface area contributed by atoms with Gasteiger partial charge in [0, 0.05) is 38.3 Å². The zero-order valence-corrected chi connectivity index (χ0v) is 22.8. The number of nitrogens with zero attached hydrogens (tertiary/aromatic N) is 6. The Morgan fingerprint density at radius 1 is 1.15 bits per heavy atom. The van der Waals surface area contributed by atoms with Gasteiger partial charge in [0.25, 0.3) is 0 Å². The molecule has 0 aromatic carbocycles. The number of halogens is 3. The lowest BCUT2D eigenvalue weighted by Crippen LogP contribution is -2.52. The lowest BCUT2D eigenvalue weighted by Gasteiger charge is -2.36. The lowest BCUT2D eigenvalue weighted by molar-refractivity contribution is 0.0150. The maximum atomic E-state index is 15.1. The molecule has 1 N–H and O–H groups in total. The van der Waals surface area contributed by atoms with E-state index in [1.54, 1.807) is 26.8 Å². The van der Waals surface area contributed by atoms with Crippen molar-refractivity contribution in [2.24, 2.45) is 0 Å². The number of ether oxygens (including phenoxy) is 3. The number of piperidine rings is 1. The number of hydrogen-bond acceptors (Lipinski definition) is 9. The Balaban J connectivity index is 1.45.